The molecule has 1 aliphatic rings. The van der Waals surface area contributed by atoms with Crippen LogP contribution in [0.25, 0.3) is 0 Å². The van der Waals surface area contributed by atoms with Crippen molar-refractivity contribution in [2.45, 2.75) is 19.3 Å². The first-order chi connectivity index (χ1) is 13.2. The van der Waals surface area contributed by atoms with Crippen molar-refractivity contribution in [3.63, 3.8) is 0 Å². The first-order valence-corrected chi connectivity index (χ1v) is 9.15. The Morgan fingerprint density at radius 3 is 2.59 bits per heavy atom. The Morgan fingerprint density at radius 2 is 1.93 bits per heavy atom. The molecule has 0 saturated carbocycles. The molecule has 1 aliphatic heterocycles. The van der Waals surface area contributed by atoms with Gasteiger partial charge in [0.1, 0.15) is 17.4 Å². The Morgan fingerprint density at radius 1 is 1.19 bits per heavy atom. The summed E-state index contributed by atoms with van der Waals surface area (Å²) < 4.78 is 0. The van der Waals surface area contributed by atoms with Crippen LogP contribution in [0.1, 0.15) is 18.4 Å². The first-order valence-electron chi connectivity index (χ1n) is 9.15. The number of amides is 1. The van der Waals surface area contributed by atoms with Crippen LogP contribution >= 0.6 is 0 Å². The van der Waals surface area contributed by atoms with Crippen molar-refractivity contribution in [3.8, 4) is 11.8 Å². The Balaban J connectivity index is 1.55. The Labute approximate surface area is 159 Å². The lowest BCUT2D eigenvalue weighted by molar-refractivity contribution is -0.128. The molecule has 0 atom stereocenters. The molecule has 3 rings (SSSR count). The Hall–Kier alpha value is -3.26. The lowest BCUT2D eigenvalue weighted by Crippen LogP contribution is -2.39. The number of hydrogen-bond donors (Lipinski definition) is 2. The van der Waals surface area contributed by atoms with Gasteiger partial charge in [-0.15, -0.1) is 0 Å². The first kappa shape index (κ1) is 18.5. The fourth-order valence-electron chi connectivity index (χ4n) is 3.35. The zero-order valence-corrected chi connectivity index (χ0v) is 15.1. The van der Waals surface area contributed by atoms with E-state index in [2.05, 4.69) is 29.6 Å². The lowest BCUT2D eigenvalue weighted by Gasteiger charge is -2.32. The second-order valence-corrected chi connectivity index (χ2v) is 6.79. The number of nitrogens with zero attached hydrogens (tertiary/aromatic N) is 2. The van der Waals surface area contributed by atoms with Crippen molar-refractivity contribution >= 4 is 11.6 Å². The third kappa shape index (κ3) is 5.11. The van der Waals surface area contributed by atoms with Crippen molar-refractivity contribution < 1.29 is 9.90 Å². The highest BCUT2D eigenvalue weighted by Gasteiger charge is 2.25. The third-order valence-electron chi connectivity index (χ3n) is 4.85. The summed E-state index contributed by atoms with van der Waals surface area (Å²) in [5.74, 6) is 0.443. The SMILES string of the molecule is N#C/C(=C/Nc1cccc(O)c1)C(=O)N1CCC(Cc2ccccc2)CC1. The number of phenols is 1. The van der Waals surface area contributed by atoms with Crippen molar-refractivity contribution in [2.75, 3.05) is 18.4 Å². The van der Waals surface area contributed by atoms with Crippen molar-refractivity contribution in [3.05, 3.63) is 71.9 Å². The molecule has 2 aromatic carbocycles. The van der Waals surface area contributed by atoms with Crippen molar-refractivity contribution in [1.82, 2.24) is 4.90 Å². The highest BCUT2D eigenvalue weighted by atomic mass is 16.3. The number of carbonyl (C=O) groups is 1. The average Bonchev–Trinajstić information content (AvgIpc) is 2.70. The Bertz CT molecular complexity index is 847. The number of piperidine rings is 1. The van der Waals surface area contributed by atoms with Gasteiger partial charge in [-0.2, -0.15) is 5.26 Å². The molecule has 1 heterocycles. The number of rotatable bonds is 5. The number of hydrogen-bond acceptors (Lipinski definition) is 4. The van der Waals surface area contributed by atoms with E-state index in [1.54, 1.807) is 23.1 Å². The minimum absolute atomic E-state index is 0.0693. The minimum atomic E-state index is -0.247. The van der Waals surface area contributed by atoms with E-state index >= 15 is 0 Å². The van der Waals surface area contributed by atoms with E-state index in [0.717, 1.165) is 19.3 Å². The van der Waals surface area contributed by atoms with E-state index in [1.807, 2.05) is 12.1 Å². The molecule has 5 nitrogen and oxygen atoms in total. The quantitative estimate of drug-likeness (QED) is 0.629. The van der Waals surface area contributed by atoms with Gasteiger partial charge in [-0.25, -0.2) is 0 Å². The number of anilines is 1. The smallest absolute Gasteiger partial charge is 0.266 e. The molecule has 0 spiro atoms. The van der Waals surface area contributed by atoms with E-state index in [0.29, 0.717) is 24.7 Å². The molecule has 138 valence electrons. The summed E-state index contributed by atoms with van der Waals surface area (Å²) in [5, 5.41) is 21.7. The number of phenolic OH excluding ortho intramolecular Hbond substituents is 1. The second kappa shape index (κ2) is 8.91. The molecule has 27 heavy (non-hydrogen) atoms. The summed E-state index contributed by atoms with van der Waals surface area (Å²) in [5.41, 5.74) is 2.02. The number of carbonyl (C=O) groups excluding carboxylic acids is 1. The van der Waals surface area contributed by atoms with Crippen LogP contribution in [-0.4, -0.2) is 29.0 Å². The third-order valence-corrected chi connectivity index (χ3v) is 4.85. The molecule has 1 amide bonds. The fourth-order valence-corrected chi connectivity index (χ4v) is 3.35. The summed E-state index contributed by atoms with van der Waals surface area (Å²) in [6.07, 6.45) is 4.33. The van der Waals surface area contributed by atoms with E-state index in [9.17, 15) is 15.2 Å². The summed E-state index contributed by atoms with van der Waals surface area (Å²) in [6, 6.07) is 18.9. The zero-order chi connectivity index (χ0) is 19.1. The van der Waals surface area contributed by atoms with Crippen molar-refractivity contribution in [1.29, 1.82) is 5.26 Å². The van der Waals surface area contributed by atoms with Crippen LogP contribution in [-0.2, 0) is 11.2 Å². The van der Waals surface area contributed by atoms with Crippen LogP contribution < -0.4 is 5.32 Å². The second-order valence-electron chi connectivity index (χ2n) is 6.79. The monoisotopic (exact) mass is 361 g/mol. The molecule has 1 fully saturated rings. The number of benzene rings is 2. The van der Waals surface area contributed by atoms with E-state index in [4.69, 9.17) is 0 Å². The molecule has 2 N–H and O–H groups in total. The van der Waals surface area contributed by atoms with E-state index in [-0.39, 0.29) is 17.2 Å². The molecule has 0 radical (unpaired) electrons. The van der Waals surface area contributed by atoms with Crippen molar-refractivity contribution in [2.24, 2.45) is 5.92 Å². The van der Waals surface area contributed by atoms with Gasteiger partial charge in [0.05, 0.1) is 0 Å². The minimum Gasteiger partial charge on any atom is -0.508 e. The van der Waals surface area contributed by atoms with Crippen LogP contribution in [0.3, 0.4) is 0 Å². The van der Waals surface area contributed by atoms with Gasteiger partial charge < -0.3 is 15.3 Å². The maximum atomic E-state index is 12.6. The van der Waals surface area contributed by atoms with Crippen LogP contribution in [0.5, 0.6) is 5.75 Å². The van der Waals surface area contributed by atoms with E-state index < -0.39 is 0 Å². The maximum Gasteiger partial charge on any atom is 0.266 e. The molecular formula is C22H23N3O2. The zero-order valence-electron chi connectivity index (χ0n) is 15.1. The van der Waals surface area contributed by atoms with Crippen LogP contribution in [0.4, 0.5) is 5.69 Å². The van der Waals surface area contributed by atoms with Gasteiger partial charge in [0.25, 0.3) is 5.91 Å². The topological polar surface area (TPSA) is 76.4 Å². The van der Waals surface area contributed by atoms with Crippen LogP contribution in [0.2, 0.25) is 0 Å². The Kier molecular flexibility index (Phi) is 6.11. The summed E-state index contributed by atoms with van der Waals surface area (Å²) >= 11 is 0. The predicted octanol–water partition coefficient (Wildman–Crippen LogP) is 3.69. The highest BCUT2D eigenvalue weighted by molar-refractivity contribution is 5.97. The number of aromatic hydroxyl groups is 1. The largest absolute Gasteiger partial charge is 0.508 e. The molecule has 0 aromatic heterocycles. The molecule has 0 bridgehead atoms. The van der Waals surface area contributed by atoms with Gasteiger partial charge in [-0.05, 0) is 42.9 Å². The van der Waals surface area contributed by atoms with E-state index in [1.165, 1.54) is 17.8 Å². The van der Waals surface area contributed by atoms with Gasteiger partial charge in [0.15, 0.2) is 0 Å². The molecule has 1 saturated heterocycles. The summed E-state index contributed by atoms with van der Waals surface area (Å²) in [4.78, 5) is 14.4. The predicted molar refractivity (Wildman–Crippen MR) is 105 cm³/mol. The number of nitrogens with one attached hydrogen (secondary N) is 1. The summed E-state index contributed by atoms with van der Waals surface area (Å²) in [7, 11) is 0. The lowest BCUT2D eigenvalue weighted by atomic mass is 9.90. The molecule has 0 aliphatic carbocycles. The van der Waals surface area contributed by atoms with Gasteiger partial charge in [-0.3, -0.25) is 4.79 Å². The molecule has 5 heteroatoms. The maximum absolute atomic E-state index is 12.6. The number of nitriles is 1. The van der Waals surface area contributed by atoms with Crippen LogP contribution in [0.15, 0.2) is 66.4 Å². The van der Waals surface area contributed by atoms with Gasteiger partial charge in [-0.1, -0.05) is 36.4 Å². The van der Waals surface area contributed by atoms with Crippen LogP contribution in [0, 0.1) is 17.2 Å². The summed E-state index contributed by atoms with van der Waals surface area (Å²) in [6.45, 7) is 1.34. The fraction of sp³-hybridized carbons (Fsp3) is 0.273. The standard InChI is InChI=1S/C22H23N3O2/c23-15-19(16-24-20-7-4-8-21(26)14-20)22(27)25-11-9-18(10-12-25)13-17-5-2-1-3-6-17/h1-8,14,16,18,24,26H,9-13H2/b19-16-. The molecule has 0 unspecified atom stereocenters. The molecular weight excluding hydrogens is 338 g/mol. The highest BCUT2D eigenvalue weighted by Crippen LogP contribution is 2.23. The average molecular weight is 361 g/mol. The molecule has 2 aromatic rings. The van der Waals surface area contributed by atoms with Gasteiger partial charge in [0.2, 0.25) is 0 Å². The van der Waals surface area contributed by atoms with Gasteiger partial charge >= 0.3 is 0 Å². The van der Waals surface area contributed by atoms with Gasteiger partial charge in [0, 0.05) is 31.0 Å². The number of likely N-dealkylation sites (tertiary alicyclic amines) is 1. The normalized spacial score (nSPS) is 15.2.